The van der Waals surface area contributed by atoms with E-state index in [1.807, 2.05) is 31.7 Å². The number of carbonyl (C=O) groups is 1. The van der Waals surface area contributed by atoms with Crippen LogP contribution in [0.25, 0.3) is 0 Å². The van der Waals surface area contributed by atoms with E-state index >= 15 is 0 Å². The highest BCUT2D eigenvalue weighted by Gasteiger charge is 2.00. The maximum Gasteiger partial charge on any atom is 0.165 e. The predicted octanol–water partition coefficient (Wildman–Crippen LogP) is 1.43. The molecule has 0 aromatic carbocycles. The minimum absolute atomic E-state index is 0.782. The van der Waals surface area contributed by atoms with Gasteiger partial charge in [-0.05, 0) is 20.8 Å². The molecule has 0 unspecified atom stereocenters. The zero-order chi connectivity index (χ0) is 7.98. The molecule has 58 valence electrons. The van der Waals surface area contributed by atoms with Crippen molar-refractivity contribution in [2.45, 2.75) is 20.8 Å². The number of allylic oxidation sites excluding steroid dienone is 2. The van der Waals surface area contributed by atoms with E-state index in [0.29, 0.717) is 0 Å². The standard InChI is InChI=1S/C8H15NO/c1-4-8(7-10)9(5-2)6-3/h4,7H,5-6H2,1-3H3. The third-order valence-electron chi connectivity index (χ3n) is 1.55. The van der Waals surface area contributed by atoms with Gasteiger partial charge in [-0.2, -0.15) is 0 Å². The van der Waals surface area contributed by atoms with Gasteiger partial charge in [-0.3, -0.25) is 4.79 Å². The van der Waals surface area contributed by atoms with Crippen molar-refractivity contribution in [2.24, 2.45) is 0 Å². The van der Waals surface area contributed by atoms with E-state index < -0.39 is 0 Å². The molecule has 0 saturated carbocycles. The number of nitrogens with zero attached hydrogens (tertiary/aromatic N) is 1. The zero-order valence-electron chi connectivity index (χ0n) is 6.92. The van der Waals surface area contributed by atoms with Gasteiger partial charge in [0.15, 0.2) is 6.29 Å². The molecule has 0 aromatic rings. The van der Waals surface area contributed by atoms with Crippen molar-refractivity contribution in [3.8, 4) is 0 Å². The van der Waals surface area contributed by atoms with Crippen molar-refractivity contribution in [2.75, 3.05) is 13.1 Å². The average Bonchev–Trinajstić information content (AvgIpc) is 2.00. The summed E-state index contributed by atoms with van der Waals surface area (Å²) < 4.78 is 0. The Bertz CT molecular complexity index is 125. The van der Waals surface area contributed by atoms with E-state index in [0.717, 1.165) is 25.1 Å². The minimum Gasteiger partial charge on any atom is -0.370 e. The normalized spacial score (nSPS) is 11.3. The first kappa shape index (κ1) is 9.21. The lowest BCUT2D eigenvalue weighted by Gasteiger charge is -2.19. The first-order chi connectivity index (χ1) is 4.79. The summed E-state index contributed by atoms with van der Waals surface area (Å²) in [5.41, 5.74) is 0.782. The van der Waals surface area contributed by atoms with Crippen molar-refractivity contribution in [3.05, 3.63) is 11.8 Å². The molecule has 0 radical (unpaired) electrons. The number of aldehydes is 1. The fourth-order valence-corrected chi connectivity index (χ4v) is 0.914. The zero-order valence-corrected chi connectivity index (χ0v) is 6.92. The summed E-state index contributed by atoms with van der Waals surface area (Å²) in [4.78, 5) is 12.4. The lowest BCUT2D eigenvalue weighted by Crippen LogP contribution is -2.22. The van der Waals surface area contributed by atoms with Crippen molar-refractivity contribution in [1.82, 2.24) is 4.90 Å². The molecule has 0 spiro atoms. The van der Waals surface area contributed by atoms with Gasteiger partial charge in [-0.15, -0.1) is 0 Å². The van der Waals surface area contributed by atoms with Crippen LogP contribution in [-0.2, 0) is 4.79 Å². The van der Waals surface area contributed by atoms with Crippen LogP contribution < -0.4 is 0 Å². The summed E-state index contributed by atoms with van der Waals surface area (Å²) in [7, 11) is 0. The molecule has 0 saturated heterocycles. The molecule has 0 N–H and O–H groups in total. The average molecular weight is 141 g/mol. The highest BCUT2D eigenvalue weighted by atomic mass is 16.1. The van der Waals surface area contributed by atoms with E-state index in [-0.39, 0.29) is 0 Å². The third kappa shape index (κ3) is 2.21. The van der Waals surface area contributed by atoms with Gasteiger partial charge in [-0.25, -0.2) is 0 Å². The molecule has 0 aromatic heterocycles. The van der Waals surface area contributed by atoms with Crippen LogP contribution in [0.5, 0.6) is 0 Å². The molecular formula is C8H15NO. The highest BCUT2D eigenvalue weighted by molar-refractivity contribution is 5.72. The van der Waals surface area contributed by atoms with Gasteiger partial charge in [-0.1, -0.05) is 6.08 Å². The number of carbonyl (C=O) groups excluding carboxylic acids is 1. The summed E-state index contributed by atoms with van der Waals surface area (Å²) in [6, 6.07) is 0. The Kier molecular flexibility index (Phi) is 4.63. The second kappa shape index (κ2) is 5.03. The second-order valence-electron chi connectivity index (χ2n) is 2.00. The monoisotopic (exact) mass is 141 g/mol. The van der Waals surface area contributed by atoms with Crippen LogP contribution in [0.4, 0.5) is 0 Å². The summed E-state index contributed by atoms with van der Waals surface area (Å²) in [6.45, 7) is 7.75. The summed E-state index contributed by atoms with van der Waals surface area (Å²) in [5.74, 6) is 0. The number of rotatable bonds is 4. The van der Waals surface area contributed by atoms with Crippen LogP contribution in [0.2, 0.25) is 0 Å². The maximum atomic E-state index is 10.4. The maximum absolute atomic E-state index is 10.4. The van der Waals surface area contributed by atoms with Crippen LogP contribution in [0.3, 0.4) is 0 Å². The molecule has 0 aliphatic rings. The third-order valence-corrected chi connectivity index (χ3v) is 1.55. The number of hydrogen-bond acceptors (Lipinski definition) is 2. The molecule has 0 amide bonds. The Morgan fingerprint density at radius 2 is 1.90 bits per heavy atom. The molecule has 0 aliphatic carbocycles. The molecule has 0 atom stereocenters. The molecule has 0 heterocycles. The Hall–Kier alpha value is -0.790. The van der Waals surface area contributed by atoms with Gasteiger partial charge < -0.3 is 4.90 Å². The van der Waals surface area contributed by atoms with Crippen molar-refractivity contribution in [1.29, 1.82) is 0 Å². The smallest absolute Gasteiger partial charge is 0.165 e. The fraction of sp³-hybridized carbons (Fsp3) is 0.625. The lowest BCUT2D eigenvalue weighted by atomic mass is 10.3. The van der Waals surface area contributed by atoms with Crippen LogP contribution >= 0.6 is 0 Å². The quantitative estimate of drug-likeness (QED) is 0.436. The van der Waals surface area contributed by atoms with Gasteiger partial charge in [0, 0.05) is 13.1 Å². The van der Waals surface area contributed by atoms with Crippen molar-refractivity contribution < 1.29 is 4.79 Å². The number of hydrogen-bond donors (Lipinski definition) is 0. The first-order valence-electron chi connectivity index (χ1n) is 3.66. The van der Waals surface area contributed by atoms with Crippen molar-refractivity contribution >= 4 is 6.29 Å². The van der Waals surface area contributed by atoms with Gasteiger partial charge >= 0.3 is 0 Å². The predicted molar refractivity (Wildman–Crippen MR) is 42.7 cm³/mol. The van der Waals surface area contributed by atoms with Gasteiger partial charge in [0.2, 0.25) is 0 Å². The Labute approximate surface area is 62.5 Å². The van der Waals surface area contributed by atoms with Crippen LogP contribution in [0.15, 0.2) is 11.8 Å². The van der Waals surface area contributed by atoms with E-state index in [9.17, 15) is 4.79 Å². The van der Waals surface area contributed by atoms with Gasteiger partial charge in [0.05, 0.1) is 5.70 Å². The van der Waals surface area contributed by atoms with Gasteiger partial charge in [0.1, 0.15) is 0 Å². The largest absolute Gasteiger partial charge is 0.370 e. The van der Waals surface area contributed by atoms with Gasteiger partial charge in [0.25, 0.3) is 0 Å². The fourth-order valence-electron chi connectivity index (χ4n) is 0.914. The Morgan fingerprint density at radius 1 is 1.40 bits per heavy atom. The molecule has 0 aliphatic heterocycles. The minimum atomic E-state index is 0.782. The lowest BCUT2D eigenvalue weighted by molar-refractivity contribution is -0.106. The van der Waals surface area contributed by atoms with Crippen LogP contribution in [0.1, 0.15) is 20.8 Å². The molecule has 2 nitrogen and oxygen atoms in total. The second-order valence-corrected chi connectivity index (χ2v) is 2.00. The molecular weight excluding hydrogens is 126 g/mol. The summed E-state index contributed by atoms with van der Waals surface area (Å²) >= 11 is 0. The highest BCUT2D eigenvalue weighted by Crippen LogP contribution is 1.98. The summed E-state index contributed by atoms with van der Waals surface area (Å²) in [6.07, 6.45) is 2.73. The van der Waals surface area contributed by atoms with Crippen LogP contribution in [-0.4, -0.2) is 24.3 Å². The van der Waals surface area contributed by atoms with E-state index in [2.05, 4.69) is 0 Å². The molecule has 0 bridgehead atoms. The Balaban J connectivity index is 4.10. The molecule has 2 heteroatoms. The number of likely N-dealkylation sites (N-methyl/N-ethyl adjacent to an activating group) is 1. The Morgan fingerprint density at radius 3 is 2.00 bits per heavy atom. The molecule has 0 rings (SSSR count). The van der Waals surface area contributed by atoms with Crippen LogP contribution in [0, 0.1) is 0 Å². The van der Waals surface area contributed by atoms with E-state index in [1.54, 1.807) is 0 Å². The molecule has 0 fully saturated rings. The molecule has 10 heavy (non-hydrogen) atoms. The van der Waals surface area contributed by atoms with E-state index in [1.165, 1.54) is 0 Å². The first-order valence-corrected chi connectivity index (χ1v) is 3.66. The summed E-state index contributed by atoms with van der Waals surface area (Å²) in [5, 5.41) is 0. The van der Waals surface area contributed by atoms with Crippen molar-refractivity contribution in [3.63, 3.8) is 0 Å². The SMILES string of the molecule is CC=C(C=O)N(CC)CC. The topological polar surface area (TPSA) is 20.3 Å². The van der Waals surface area contributed by atoms with E-state index in [4.69, 9.17) is 0 Å².